The molecule has 2 aromatic carbocycles. The van der Waals surface area contributed by atoms with Gasteiger partial charge in [0.15, 0.2) is 5.60 Å². The second kappa shape index (κ2) is 8.96. The number of hydrogen-bond donors (Lipinski definition) is 1. The predicted molar refractivity (Wildman–Crippen MR) is 118 cm³/mol. The topological polar surface area (TPSA) is 70.1 Å². The van der Waals surface area contributed by atoms with Gasteiger partial charge in [-0.15, -0.1) is 0 Å². The molecule has 178 valence electrons. The van der Waals surface area contributed by atoms with E-state index >= 15 is 0 Å². The summed E-state index contributed by atoms with van der Waals surface area (Å²) in [6.07, 6.45) is -3.84. The highest BCUT2D eigenvalue weighted by atomic mass is 19.4. The molecule has 9 heteroatoms. The van der Waals surface area contributed by atoms with Gasteiger partial charge < -0.3 is 14.7 Å². The number of rotatable bonds is 7. The van der Waals surface area contributed by atoms with Crippen LogP contribution in [0.5, 0.6) is 5.75 Å². The molecule has 1 heterocycles. The molecule has 0 atom stereocenters. The van der Waals surface area contributed by atoms with E-state index in [0.717, 1.165) is 28.8 Å². The van der Waals surface area contributed by atoms with Gasteiger partial charge in [-0.3, -0.25) is 4.90 Å². The highest BCUT2D eigenvalue weighted by Gasteiger charge is 2.33. The third kappa shape index (κ3) is 5.40. The van der Waals surface area contributed by atoms with Crippen molar-refractivity contribution in [1.82, 2.24) is 4.90 Å². The van der Waals surface area contributed by atoms with Gasteiger partial charge in [-0.2, -0.15) is 13.2 Å². The van der Waals surface area contributed by atoms with E-state index in [1.165, 1.54) is 30.9 Å². The van der Waals surface area contributed by atoms with Gasteiger partial charge in [0.05, 0.1) is 5.56 Å². The zero-order valence-electron chi connectivity index (χ0n) is 19.0. The molecule has 0 spiro atoms. The van der Waals surface area contributed by atoms with Gasteiger partial charge in [0.25, 0.3) is 0 Å². The van der Waals surface area contributed by atoms with Crippen molar-refractivity contribution in [3.05, 3.63) is 58.7 Å². The lowest BCUT2D eigenvalue weighted by Crippen LogP contribution is -2.38. The molecule has 1 N–H and O–H groups in total. The van der Waals surface area contributed by atoms with Crippen molar-refractivity contribution >= 4 is 17.7 Å². The largest absolute Gasteiger partial charge is 0.478 e. The molecule has 33 heavy (non-hydrogen) atoms. The summed E-state index contributed by atoms with van der Waals surface area (Å²) in [4.78, 5) is 27.3. The maximum Gasteiger partial charge on any atom is 0.416 e. The van der Waals surface area contributed by atoms with Crippen molar-refractivity contribution in [2.45, 2.75) is 45.9 Å². The highest BCUT2D eigenvalue weighted by molar-refractivity contribution is 5.94. The van der Waals surface area contributed by atoms with Crippen LogP contribution in [0.3, 0.4) is 0 Å². The third-order valence-electron chi connectivity index (χ3n) is 5.66. The van der Waals surface area contributed by atoms with E-state index in [-0.39, 0.29) is 6.03 Å². The first kappa shape index (κ1) is 24.4. The molecule has 0 aromatic heterocycles. The summed E-state index contributed by atoms with van der Waals surface area (Å²) in [7, 11) is 0. The van der Waals surface area contributed by atoms with Gasteiger partial charge in [0, 0.05) is 25.3 Å². The average Bonchev–Trinajstić information content (AvgIpc) is 3.09. The molecular weight excluding hydrogens is 437 g/mol. The van der Waals surface area contributed by atoms with Gasteiger partial charge >= 0.3 is 18.2 Å². The lowest BCUT2D eigenvalue weighted by atomic mass is 10.0. The van der Waals surface area contributed by atoms with Crippen molar-refractivity contribution in [3.8, 4) is 5.75 Å². The van der Waals surface area contributed by atoms with Gasteiger partial charge in [-0.1, -0.05) is 12.1 Å². The Labute approximate surface area is 190 Å². The Morgan fingerprint density at radius 1 is 1.06 bits per heavy atom. The number of amides is 2. The first-order chi connectivity index (χ1) is 15.3. The van der Waals surface area contributed by atoms with Crippen LogP contribution in [-0.2, 0) is 17.4 Å². The number of carbonyl (C=O) groups is 2. The lowest BCUT2D eigenvalue weighted by Gasteiger charge is -2.25. The van der Waals surface area contributed by atoms with Crippen LogP contribution in [-0.4, -0.2) is 47.2 Å². The Morgan fingerprint density at radius 2 is 1.64 bits per heavy atom. The van der Waals surface area contributed by atoms with Crippen LogP contribution in [0.2, 0.25) is 0 Å². The monoisotopic (exact) mass is 464 g/mol. The number of aryl methyl sites for hydroxylation is 2. The third-order valence-corrected chi connectivity index (χ3v) is 5.66. The number of benzene rings is 2. The number of nitrogens with zero attached hydrogens (tertiary/aromatic N) is 2. The molecule has 0 unspecified atom stereocenters. The number of carboxylic acids is 1. The fourth-order valence-electron chi connectivity index (χ4n) is 3.77. The number of anilines is 1. The highest BCUT2D eigenvalue weighted by Crippen LogP contribution is 2.32. The second-order valence-electron chi connectivity index (χ2n) is 8.69. The number of carboxylic acid groups (broad SMARTS) is 1. The fraction of sp³-hybridized carbons (Fsp3) is 0.417. The van der Waals surface area contributed by atoms with Gasteiger partial charge in [0.1, 0.15) is 5.75 Å². The molecule has 1 aliphatic rings. The van der Waals surface area contributed by atoms with Crippen LogP contribution in [0.15, 0.2) is 36.4 Å². The van der Waals surface area contributed by atoms with Gasteiger partial charge in [-0.25, -0.2) is 9.59 Å². The van der Waals surface area contributed by atoms with E-state index in [9.17, 15) is 27.9 Å². The van der Waals surface area contributed by atoms with Crippen LogP contribution in [0.25, 0.3) is 0 Å². The number of urea groups is 1. The molecule has 6 nitrogen and oxygen atoms in total. The second-order valence-corrected chi connectivity index (χ2v) is 8.69. The number of carbonyl (C=O) groups excluding carboxylic acids is 1. The Hall–Kier alpha value is -3.23. The maximum atomic E-state index is 12.8. The molecule has 0 saturated carbocycles. The molecule has 1 saturated heterocycles. The number of alkyl halides is 3. The number of ether oxygens (including phenoxy) is 1. The number of halogens is 3. The Bertz CT molecular complexity index is 1030. The van der Waals surface area contributed by atoms with E-state index in [1.54, 1.807) is 4.90 Å². The molecule has 2 amide bonds. The van der Waals surface area contributed by atoms with Crippen molar-refractivity contribution in [3.63, 3.8) is 0 Å². The van der Waals surface area contributed by atoms with Crippen LogP contribution in [0.1, 0.15) is 36.1 Å². The SMILES string of the molecule is Cc1cc(CCN2CCN(c3ccc(C(F)(F)F)cc3)C2=O)cc(C)c1OC(C)(C)C(=O)O. The summed E-state index contributed by atoms with van der Waals surface area (Å²) in [6, 6.07) is 8.16. The summed E-state index contributed by atoms with van der Waals surface area (Å²) in [5.41, 5.74) is 0.911. The number of hydrogen-bond acceptors (Lipinski definition) is 3. The summed E-state index contributed by atoms with van der Waals surface area (Å²) < 4.78 is 44.0. The Balaban J connectivity index is 1.65. The molecule has 1 aliphatic heterocycles. The van der Waals surface area contributed by atoms with Crippen molar-refractivity contribution in [1.29, 1.82) is 0 Å². The van der Waals surface area contributed by atoms with E-state index in [1.807, 2.05) is 26.0 Å². The quantitative estimate of drug-likeness (QED) is 0.623. The van der Waals surface area contributed by atoms with Crippen molar-refractivity contribution in [2.24, 2.45) is 0 Å². The zero-order valence-corrected chi connectivity index (χ0v) is 19.0. The minimum Gasteiger partial charge on any atom is -0.478 e. The lowest BCUT2D eigenvalue weighted by molar-refractivity contribution is -0.152. The standard InChI is InChI=1S/C24H27F3N2O4/c1-15-13-17(14-16(2)20(15)33-23(3,4)21(30)31)9-10-28-11-12-29(22(28)32)19-7-5-18(6-8-19)24(25,26)27/h5-8,13-14H,9-12H2,1-4H3,(H,30,31). The van der Waals surface area contributed by atoms with Crippen LogP contribution in [0, 0.1) is 13.8 Å². The zero-order chi connectivity index (χ0) is 24.6. The first-order valence-electron chi connectivity index (χ1n) is 10.6. The Kier molecular flexibility index (Phi) is 6.63. The van der Waals surface area contributed by atoms with E-state index < -0.39 is 23.3 Å². The van der Waals surface area contributed by atoms with E-state index in [0.29, 0.717) is 37.5 Å². The maximum absolute atomic E-state index is 12.8. The Morgan fingerprint density at radius 3 is 2.15 bits per heavy atom. The smallest absolute Gasteiger partial charge is 0.416 e. The first-order valence-corrected chi connectivity index (χ1v) is 10.6. The van der Waals surface area contributed by atoms with Crippen LogP contribution >= 0.6 is 0 Å². The van der Waals surface area contributed by atoms with Gasteiger partial charge in [-0.05, 0) is 75.1 Å². The minimum atomic E-state index is -4.42. The van der Waals surface area contributed by atoms with Crippen LogP contribution in [0.4, 0.5) is 23.7 Å². The molecule has 2 aromatic rings. The summed E-state index contributed by atoms with van der Waals surface area (Å²) in [5.74, 6) is -0.535. The fourth-order valence-corrected chi connectivity index (χ4v) is 3.77. The van der Waals surface area contributed by atoms with Gasteiger partial charge in [0.2, 0.25) is 0 Å². The summed E-state index contributed by atoms with van der Waals surface area (Å²) >= 11 is 0. The molecule has 1 fully saturated rings. The number of aliphatic carboxylic acids is 1. The van der Waals surface area contributed by atoms with Crippen LogP contribution < -0.4 is 9.64 Å². The summed E-state index contributed by atoms with van der Waals surface area (Å²) in [5, 5.41) is 9.31. The average molecular weight is 464 g/mol. The predicted octanol–water partition coefficient (Wildman–Crippen LogP) is 5.05. The minimum absolute atomic E-state index is 0.244. The normalized spacial score (nSPS) is 14.7. The summed E-state index contributed by atoms with van der Waals surface area (Å²) in [6.45, 7) is 8.00. The molecule has 0 bridgehead atoms. The molecule has 3 rings (SSSR count). The van der Waals surface area contributed by atoms with E-state index in [4.69, 9.17) is 4.74 Å². The van der Waals surface area contributed by atoms with Crippen molar-refractivity contribution < 1.29 is 32.6 Å². The molecule has 0 radical (unpaired) electrons. The molecular formula is C24H27F3N2O4. The van der Waals surface area contributed by atoms with E-state index in [2.05, 4.69) is 0 Å². The van der Waals surface area contributed by atoms with Crippen molar-refractivity contribution in [2.75, 3.05) is 24.5 Å². The molecule has 0 aliphatic carbocycles.